The summed E-state index contributed by atoms with van der Waals surface area (Å²) in [6, 6.07) is 0. The van der Waals surface area contributed by atoms with E-state index in [1.807, 2.05) is 13.8 Å². The third kappa shape index (κ3) is 5.13. The number of aliphatic hydroxyl groups is 1. The number of aromatic nitrogens is 2. The van der Waals surface area contributed by atoms with Crippen molar-refractivity contribution < 1.29 is 5.11 Å². The van der Waals surface area contributed by atoms with Crippen LogP contribution in [0.25, 0.3) is 0 Å². The van der Waals surface area contributed by atoms with Gasteiger partial charge in [-0.15, -0.1) is 0 Å². The lowest BCUT2D eigenvalue weighted by atomic mass is 9.89. The van der Waals surface area contributed by atoms with E-state index in [0.717, 1.165) is 23.6 Å². The highest BCUT2D eigenvalue weighted by Crippen LogP contribution is 2.21. The standard InChI is InChI=1S/C13H23N3O/c1-9-7-14-10(2)12(16-9)15-8-11(17)6-13(3,4)5/h7,11,17H,6,8H2,1-5H3,(H,15,16). The van der Waals surface area contributed by atoms with E-state index >= 15 is 0 Å². The molecule has 0 aromatic carbocycles. The van der Waals surface area contributed by atoms with Crippen molar-refractivity contribution in [1.82, 2.24) is 9.97 Å². The Morgan fingerprint density at radius 2 is 2.00 bits per heavy atom. The van der Waals surface area contributed by atoms with Gasteiger partial charge in [-0.25, -0.2) is 4.98 Å². The maximum Gasteiger partial charge on any atom is 0.147 e. The van der Waals surface area contributed by atoms with Crippen molar-refractivity contribution in [2.45, 2.75) is 47.1 Å². The summed E-state index contributed by atoms with van der Waals surface area (Å²) in [4.78, 5) is 8.58. The van der Waals surface area contributed by atoms with Crippen molar-refractivity contribution in [2.24, 2.45) is 5.41 Å². The zero-order chi connectivity index (χ0) is 13.1. The predicted octanol–water partition coefficient (Wildman–Crippen LogP) is 2.30. The SMILES string of the molecule is Cc1cnc(C)c(NCC(O)CC(C)(C)C)n1. The molecule has 0 aliphatic carbocycles. The molecule has 4 nitrogen and oxygen atoms in total. The first kappa shape index (κ1) is 13.9. The van der Waals surface area contributed by atoms with Crippen molar-refractivity contribution in [3.05, 3.63) is 17.6 Å². The summed E-state index contributed by atoms with van der Waals surface area (Å²) in [5.41, 5.74) is 1.87. The Morgan fingerprint density at radius 3 is 2.59 bits per heavy atom. The first-order chi connectivity index (χ1) is 7.78. The molecule has 0 radical (unpaired) electrons. The van der Waals surface area contributed by atoms with Crippen molar-refractivity contribution in [1.29, 1.82) is 0 Å². The molecule has 2 N–H and O–H groups in total. The molecule has 0 saturated carbocycles. The molecule has 0 aliphatic heterocycles. The Hall–Kier alpha value is -1.16. The van der Waals surface area contributed by atoms with Crippen LogP contribution < -0.4 is 5.32 Å². The zero-order valence-corrected chi connectivity index (χ0v) is 11.4. The van der Waals surface area contributed by atoms with Gasteiger partial charge in [0.15, 0.2) is 0 Å². The van der Waals surface area contributed by atoms with E-state index in [2.05, 4.69) is 36.1 Å². The van der Waals surface area contributed by atoms with Crippen molar-refractivity contribution in [3.63, 3.8) is 0 Å². The van der Waals surface area contributed by atoms with Gasteiger partial charge in [0.2, 0.25) is 0 Å². The fourth-order valence-electron chi connectivity index (χ4n) is 1.70. The van der Waals surface area contributed by atoms with Crippen LogP contribution in [-0.2, 0) is 0 Å². The zero-order valence-electron chi connectivity index (χ0n) is 11.4. The normalized spacial score (nSPS) is 13.5. The van der Waals surface area contributed by atoms with Crippen molar-refractivity contribution >= 4 is 5.82 Å². The van der Waals surface area contributed by atoms with E-state index in [1.54, 1.807) is 6.20 Å². The number of hydrogen-bond donors (Lipinski definition) is 2. The van der Waals surface area contributed by atoms with Gasteiger partial charge >= 0.3 is 0 Å². The number of anilines is 1. The molecule has 4 heteroatoms. The Labute approximate surface area is 103 Å². The number of nitrogens with one attached hydrogen (secondary N) is 1. The number of aliphatic hydroxyl groups excluding tert-OH is 1. The lowest BCUT2D eigenvalue weighted by Crippen LogP contribution is -2.25. The minimum Gasteiger partial charge on any atom is -0.391 e. The first-order valence-electron chi connectivity index (χ1n) is 6.00. The Bertz CT molecular complexity index is 371. The van der Waals surface area contributed by atoms with E-state index in [-0.39, 0.29) is 11.5 Å². The average molecular weight is 237 g/mol. The molecule has 0 bridgehead atoms. The molecule has 1 rings (SSSR count). The maximum absolute atomic E-state index is 9.90. The summed E-state index contributed by atoms with van der Waals surface area (Å²) < 4.78 is 0. The van der Waals surface area contributed by atoms with Gasteiger partial charge < -0.3 is 10.4 Å². The molecule has 0 amide bonds. The summed E-state index contributed by atoms with van der Waals surface area (Å²) in [6.45, 7) is 10.7. The molecule has 96 valence electrons. The van der Waals surface area contributed by atoms with Gasteiger partial charge in [0.25, 0.3) is 0 Å². The number of aryl methyl sites for hydroxylation is 2. The fourth-order valence-corrected chi connectivity index (χ4v) is 1.70. The quantitative estimate of drug-likeness (QED) is 0.843. The molecule has 0 aliphatic rings. The number of nitrogens with zero attached hydrogens (tertiary/aromatic N) is 2. The fraction of sp³-hybridized carbons (Fsp3) is 0.692. The van der Waals surface area contributed by atoms with Crippen LogP contribution in [0.4, 0.5) is 5.82 Å². The van der Waals surface area contributed by atoms with Crippen LogP contribution in [0.2, 0.25) is 0 Å². The summed E-state index contributed by atoms with van der Waals surface area (Å²) in [5.74, 6) is 0.762. The Kier molecular flexibility index (Phi) is 4.46. The van der Waals surface area contributed by atoms with Crippen LogP contribution in [-0.4, -0.2) is 27.7 Å². The van der Waals surface area contributed by atoms with Gasteiger partial charge in [0, 0.05) is 12.7 Å². The topological polar surface area (TPSA) is 58.0 Å². The highest BCUT2D eigenvalue weighted by Gasteiger charge is 2.16. The minimum absolute atomic E-state index is 0.133. The molecule has 17 heavy (non-hydrogen) atoms. The van der Waals surface area contributed by atoms with Crippen molar-refractivity contribution in [2.75, 3.05) is 11.9 Å². The van der Waals surface area contributed by atoms with E-state index in [0.29, 0.717) is 6.54 Å². The molecule has 0 spiro atoms. The minimum atomic E-state index is -0.364. The predicted molar refractivity (Wildman–Crippen MR) is 70.1 cm³/mol. The van der Waals surface area contributed by atoms with Crippen molar-refractivity contribution in [3.8, 4) is 0 Å². The highest BCUT2D eigenvalue weighted by atomic mass is 16.3. The largest absolute Gasteiger partial charge is 0.391 e. The molecule has 1 aromatic heterocycles. The molecule has 1 unspecified atom stereocenters. The van der Waals surface area contributed by atoms with E-state index < -0.39 is 0 Å². The Morgan fingerprint density at radius 1 is 1.35 bits per heavy atom. The molecular weight excluding hydrogens is 214 g/mol. The lowest BCUT2D eigenvalue weighted by Gasteiger charge is -2.22. The molecule has 0 saturated heterocycles. The van der Waals surface area contributed by atoms with E-state index in [1.165, 1.54) is 0 Å². The van der Waals surface area contributed by atoms with Crippen LogP contribution in [0.15, 0.2) is 6.20 Å². The second kappa shape index (κ2) is 5.45. The summed E-state index contributed by atoms with van der Waals surface area (Å²) in [6.07, 6.45) is 2.14. The molecule has 1 heterocycles. The van der Waals surface area contributed by atoms with Gasteiger partial charge in [-0.3, -0.25) is 4.98 Å². The van der Waals surface area contributed by atoms with E-state index in [4.69, 9.17) is 0 Å². The average Bonchev–Trinajstić information content (AvgIpc) is 2.17. The highest BCUT2D eigenvalue weighted by molar-refractivity contribution is 5.39. The third-order valence-electron chi connectivity index (χ3n) is 2.43. The second-order valence-electron chi connectivity index (χ2n) is 5.74. The van der Waals surface area contributed by atoms with Crippen LogP contribution in [0.1, 0.15) is 38.6 Å². The lowest BCUT2D eigenvalue weighted by molar-refractivity contribution is 0.132. The maximum atomic E-state index is 9.90. The second-order valence-corrected chi connectivity index (χ2v) is 5.74. The molecule has 1 aromatic rings. The summed E-state index contributed by atoms with van der Waals surface area (Å²) in [7, 11) is 0. The summed E-state index contributed by atoms with van der Waals surface area (Å²) in [5, 5.41) is 13.0. The molecule has 0 fully saturated rings. The van der Waals surface area contributed by atoms with Gasteiger partial charge in [-0.05, 0) is 25.7 Å². The summed E-state index contributed by atoms with van der Waals surface area (Å²) >= 11 is 0. The van der Waals surface area contributed by atoms with Gasteiger partial charge in [0.05, 0.1) is 17.5 Å². The van der Waals surface area contributed by atoms with Crippen LogP contribution in [0, 0.1) is 19.3 Å². The molecular formula is C13H23N3O. The van der Waals surface area contributed by atoms with Gasteiger partial charge in [-0.2, -0.15) is 0 Å². The van der Waals surface area contributed by atoms with Gasteiger partial charge in [0.1, 0.15) is 5.82 Å². The number of rotatable bonds is 4. The van der Waals surface area contributed by atoms with Crippen LogP contribution >= 0.6 is 0 Å². The number of hydrogen-bond acceptors (Lipinski definition) is 4. The first-order valence-corrected chi connectivity index (χ1v) is 6.00. The molecule has 1 atom stereocenters. The van der Waals surface area contributed by atoms with E-state index in [9.17, 15) is 5.11 Å². The van der Waals surface area contributed by atoms with Crippen LogP contribution in [0.5, 0.6) is 0 Å². The smallest absolute Gasteiger partial charge is 0.147 e. The Balaban J connectivity index is 2.53. The third-order valence-corrected chi connectivity index (χ3v) is 2.43. The van der Waals surface area contributed by atoms with Crippen LogP contribution in [0.3, 0.4) is 0 Å². The monoisotopic (exact) mass is 237 g/mol. The van der Waals surface area contributed by atoms with Gasteiger partial charge in [-0.1, -0.05) is 20.8 Å².